The van der Waals surface area contributed by atoms with E-state index >= 15 is 4.79 Å². The van der Waals surface area contributed by atoms with E-state index in [9.17, 15) is 24.0 Å². The number of hydrogen-bond acceptors (Lipinski definition) is 10. The van der Waals surface area contributed by atoms with Crippen LogP contribution in [0.2, 0.25) is 0 Å². The van der Waals surface area contributed by atoms with Gasteiger partial charge in [0.05, 0.1) is 14.7 Å². The molecule has 73 heavy (non-hydrogen) atoms. The highest BCUT2D eigenvalue weighted by molar-refractivity contribution is 8.04. The Kier molecular flexibility index (Phi) is 12.8. The van der Waals surface area contributed by atoms with Gasteiger partial charge in [-0.2, -0.15) is 0 Å². The monoisotopic (exact) mass is 1000 g/mol. The number of benzene rings is 8. The van der Waals surface area contributed by atoms with Crippen LogP contribution in [0.1, 0.15) is 73.3 Å². The third-order valence-corrected chi connectivity index (χ3v) is 16.3. The molecule has 0 atom stereocenters. The molecule has 352 valence electrons. The molecule has 3 aliphatic carbocycles. The normalized spacial score (nSPS) is 14.4. The van der Waals surface area contributed by atoms with Crippen molar-refractivity contribution in [2.75, 3.05) is 14.1 Å². The molecule has 0 saturated heterocycles. The summed E-state index contributed by atoms with van der Waals surface area (Å²) < 4.78 is 0. The van der Waals surface area contributed by atoms with Crippen LogP contribution in [0.3, 0.4) is 0 Å². The maximum atomic E-state index is 15.1. The summed E-state index contributed by atoms with van der Waals surface area (Å²) in [5, 5.41) is 0. The Hall–Kier alpha value is -8.15. The number of allylic oxidation sites excluding steroid dienone is 6. The first kappa shape index (κ1) is 47.2. The van der Waals surface area contributed by atoms with Crippen molar-refractivity contribution in [3.8, 4) is 22.3 Å². The van der Waals surface area contributed by atoms with Crippen LogP contribution < -0.4 is 0 Å². The SMILES string of the molecule is CN(C)C1=C(Sc2ccccc2)C(=O)c2ccc(-c3cccc(CC4=C(Sc5ccccc5)C(=O)c5ccc(-c6cccc(C7=C(Sc8ccccc8)C(=O)c8ccccc8C7=O)c6)cc5C4=O)c3)cc2C1=O. The van der Waals surface area contributed by atoms with E-state index < -0.39 is 0 Å². The number of thioether (sulfide) groups is 3. The Morgan fingerprint density at radius 3 is 1.33 bits per heavy atom. The van der Waals surface area contributed by atoms with E-state index in [1.807, 2.05) is 152 Å². The minimum absolute atomic E-state index is 0.135. The summed E-state index contributed by atoms with van der Waals surface area (Å²) in [5.41, 5.74) is 7.08. The summed E-state index contributed by atoms with van der Waals surface area (Å²) in [7, 11) is 3.53. The zero-order valence-corrected chi connectivity index (χ0v) is 41.8. The third-order valence-electron chi connectivity index (χ3n) is 12.9. The maximum Gasteiger partial charge on any atom is 0.211 e. The molecule has 7 nitrogen and oxygen atoms in total. The fourth-order valence-corrected chi connectivity index (χ4v) is 12.6. The number of carbonyl (C=O) groups is 6. The fraction of sp³-hybridized carbons (Fsp3) is 0.0476. The molecule has 0 unspecified atom stereocenters. The van der Waals surface area contributed by atoms with Crippen molar-refractivity contribution >= 4 is 75.6 Å². The molecule has 0 spiro atoms. The highest BCUT2D eigenvalue weighted by Crippen LogP contribution is 2.44. The molecule has 10 heteroatoms. The van der Waals surface area contributed by atoms with E-state index in [1.54, 1.807) is 67.5 Å². The minimum atomic E-state index is -0.282. The average Bonchev–Trinajstić information content (AvgIpc) is 3.42. The van der Waals surface area contributed by atoms with Crippen molar-refractivity contribution in [2.24, 2.45) is 0 Å². The van der Waals surface area contributed by atoms with Crippen LogP contribution in [-0.4, -0.2) is 53.7 Å². The van der Waals surface area contributed by atoms with Crippen LogP contribution in [0.15, 0.2) is 241 Å². The van der Waals surface area contributed by atoms with Crippen LogP contribution >= 0.6 is 35.3 Å². The van der Waals surface area contributed by atoms with Gasteiger partial charge >= 0.3 is 0 Å². The van der Waals surface area contributed by atoms with Gasteiger partial charge in [0.2, 0.25) is 23.1 Å². The molecule has 8 aromatic rings. The lowest BCUT2D eigenvalue weighted by molar-refractivity contribution is 0.0959. The molecular formula is C63H41NO6S3. The molecule has 0 saturated carbocycles. The van der Waals surface area contributed by atoms with Crippen LogP contribution in [-0.2, 0) is 6.42 Å². The van der Waals surface area contributed by atoms with Gasteiger partial charge < -0.3 is 4.90 Å². The molecule has 11 rings (SSSR count). The van der Waals surface area contributed by atoms with Crippen molar-refractivity contribution in [3.63, 3.8) is 0 Å². The number of hydrogen-bond donors (Lipinski definition) is 0. The summed E-state index contributed by atoms with van der Waals surface area (Å²) in [6.45, 7) is 0. The molecule has 0 fully saturated rings. The molecule has 0 radical (unpaired) electrons. The van der Waals surface area contributed by atoms with E-state index in [0.717, 1.165) is 31.4 Å². The van der Waals surface area contributed by atoms with Crippen molar-refractivity contribution in [1.29, 1.82) is 0 Å². The molecule has 8 aromatic carbocycles. The first-order valence-corrected chi connectivity index (χ1v) is 25.9. The Morgan fingerprint density at radius 1 is 0.329 bits per heavy atom. The van der Waals surface area contributed by atoms with Gasteiger partial charge in [-0.05, 0) is 100 Å². The van der Waals surface area contributed by atoms with Crippen LogP contribution in [0.25, 0.3) is 27.8 Å². The first-order chi connectivity index (χ1) is 35.5. The summed E-state index contributed by atoms with van der Waals surface area (Å²) >= 11 is 3.81. The quantitative estimate of drug-likeness (QED) is 0.117. The molecule has 3 aliphatic rings. The highest BCUT2D eigenvalue weighted by Gasteiger charge is 2.37. The second-order valence-corrected chi connectivity index (χ2v) is 21.1. The first-order valence-electron chi connectivity index (χ1n) is 23.5. The molecule has 0 N–H and O–H groups in total. The lowest BCUT2D eigenvalue weighted by Gasteiger charge is -2.26. The number of ketones is 6. The number of fused-ring (bicyclic) bond motifs is 3. The second-order valence-electron chi connectivity index (χ2n) is 17.8. The predicted octanol–water partition coefficient (Wildman–Crippen LogP) is 14.2. The average molecular weight is 1000 g/mol. The summed E-state index contributed by atoms with van der Waals surface area (Å²) in [4.78, 5) is 91.9. The maximum absolute atomic E-state index is 15.1. The highest BCUT2D eigenvalue weighted by atomic mass is 32.2. The Labute approximate surface area is 434 Å². The Morgan fingerprint density at radius 2 is 0.753 bits per heavy atom. The lowest BCUT2D eigenvalue weighted by atomic mass is 9.83. The predicted molar refractivity (Wildman–Crippen MR) is 291 cm³/mol. The van der Waals surface area contributed by atoms with E-state index in [4.69, 9.17) is 0 Å². The van der Waals surface area contributed by atoms with Crippen LogP contribution in [0.4, 0.5) is 0 Å². The Balaban J connectivity index is 0.938. The van der Waals surface area contributed by atoms with E-state index in [2.05, 4.69) is 0 Å². The molecule has 0 bridgehead atoms. The molecular weight excluding hydrogens is 963 g/mol. The smallest absolute Gasteiger partial charge is 0.211 e. The van der Waals surface area contributed by atoms with Gasteiger partial charge in [0.1, 0.15) is 5.70 Å². The minimum Gasteiger partial charge on any atom is -0.373 e. The van der Waals surface area contributed by atoms with Gasteiger partial charge in [0, 0.05) is 79.7 Å². The van der Waals surface area contributed by atoms with Gasteiger partial charge in [-0.1, -0.05) is 169 Å². The van der Waals surface area contributed by atoms with Crippen molar-refractivity contribution in [2.45, 2.75) is 21.1 Å². The topological polar surface area (TPSA) is 106 Å². The van der Waals surface area contributed by atoms with Crippen molar-refractivity contribution in [1.82, 2.24) is 4.90 Å². The largest absolute Gasteiger partial charge is 0.373 e. The van der Waals surface area contributed by atoms with Crippen LogP contribution in [0, 0.1) is 0 Å². The molecule has 0 aromatic heterocycles. The fourth-order valence-electron chi connectivity index (χ4n) is 9.43. The second kappa shape index (κ2) is 19.8. The number of carbonyl (C=O) groups excluding carboxylic acids is 6. The van der Waals surface area contributed by atoms with Gasteiger partial charge in [-0.15, -0.1) is 0 Å². The lowest BCUT2D eigenvalue weighted by Crippen LogP contribution is -2.29. The number of Topliss-reactive ketones (excluding diaryl/α,β-unsaturated/α-hetero) is 6. The van der Waals surface area contributed by atoms with Gasteiger partial charge in [0.15, 0.2) is 11.6 Å². The van der Waals surface area contributed by atoms with Crippen molar-refractivity contribution in [3.05, 3.63) is 271 Å². The number of rotatable bonds is 12. The zero-order chi connectivity index (χ0) is 50.3. The van der Waals surface area contributed by atoms with Crippen LogP contribution in [0.5, 0.6) is 0 Å². The number of likely N-dealkylation sites (N-methyl/N-ethyl adjacent to an activating group) is 1. The van der Waals surface area contributed by atoms with E-state index in [1.165, 1.54) is 35.3 Å². The van der Waals surface area contributed by atoms with E-state index in [-0.39, 0.29) is 46.7 Å². The summed E-state index contributed by atoms with van der Waals surface area (Å²) in [5.74, 6) is -1.49. The Bertz CT molecular complexity index is 3760. The van der Waals surface area contributed by atoms with Gasteiger partial charge in [-0.25, -0.2) is 0 Å². The molecule has 0 heterocycles. The standard InChI is InChI=1S/C63H41NO6S3/c1-64(2)54-57(67)51-36-40(28-31-49(51)60(70)63(54)73-45-24-10-5-11-25-45)38-17-14-16-37(32-38)33-52-55(65)50-35-41(29-30-48(50)58(68)61(52)71-43-20-6-3-7-21-43)39-18-15-19-42(34-39)53-56(66)46-26-12-13-27-47(46)59(69)62(53)72-44-22-8-4-9-23-44/h3-32,34-36H,33H2,1-2H3. The van der Waals surface area contributed by atoms with Gasteiger partial charge in [0.25, 0.3) is 0 Å². The van der Waals surface area contributed by atoms with E-state index in [0.29, 0.717) is 76.1 Å². The van der Waals surface area contributed by atoms with Gasteiger partial charge in [-0.3, -0.25) is 28.8 Å². The summed E-state index contributed by atoms with van der Waals surface area (Å²) in [6.07, 6.45) is 0.135. The zero-order valence-electron chi connectivity index (χ0n) is 39.4. The number of nitrogens with zero attached hydrogens (tertiary/aromatic N) is 1. The van der Waals surface area contributed by atoms with Crippen molar-refractivity contribution < 1.29 is 28.8 Å². The summed E-state index contributed by atoms with van der Waals surface area (Å²) in [6, 6.07) is 61.0. The molecule has 0 amide bonds. The molecule has 0 aliphatic heterocycles. The third kappa shape index (κ3) is 8.99.